The monoisotopic (exact) mass is 495 g/mol. The fourth-order valence-electron chi connectivity index (χ4n) is 4.95. The Bertz CT molecular complexity index is 1160. The highest BCUT2D eigenvalue weighted by Crippen LogP contribution is 2.44. The molecule has 5 rings (SSSR count). The van der Waals surface area contributed by atoms with Gasteiger partial charge < -0.3 is 14.4 Å². The van der Waals surface area contributed by atoms with Crippen LogP contribution in [0.25, 0.3) is 5.76 Å². The van der Waals surface area contributed by atoms with Gasteiger partial charge in [-0.3, -0.25) is 0 Å². The van der Waals surface area contributed by atoms with Crippen LogP contribution in [0.15, 0.2) is 77.0 Å². The first-order valence-corrected chi connectivity index (χ1v) is 12.6. The number of allylic oxidation sites excluding steroid dienone is 4. The number of carbonyl (C=O) groups is 1. The van der Waals surface area contributed by atoms with E-state index in [1.54, 1.807) is 24.3 Å². The summed E-state index contributed by atoms with van der Waals surface area (Å²) in [6.45, 7) is 3.05. The number of halogens is 2. The maximum absolute atomic E-state index is 13.2. The second-order valence-electron chi connectivity index (χ2n) is 8.76. The molecule has 176 valence electrons. The molecule has 0 atom stereocenters. The van der Waals surface area contributed by atoms with E-state index in [1.807, 2.05) is 24.3 Å². The zero-order chi connectivity index (χ0) is 23.5. The molecule has 0 spiro atoms. The second-order valence-corrected chi connectivity index (χ2v) is 9.63. The van der Waals surface area contributed by atoms with Gasteiger partial charge in [0.1, 0.15) is 5.76 Å². The van der Waals surface area contributed by atoms with Crippen LogP contribution in [0.3, 0.4) is 0 Å². The number of hydrogen-bond acceptors (Lipinski definition) is 4. The normalized spacial score (nSPS) is 19.9. The van der Waals surface area contributed by atoms with Crippen LogP contribution in [-0.2, 0) is 9.47 Å². The lowest BCUT2D eigenvalue weighted by atomic mass is 10.0. The summed E-state index contributed by atoms with van der Waals surface area (Å²) in [5, 5.41) is 1.22. The maximum Gasteiger partial charge on any atom is 0.343 e. The molecule has 0 bridgehead atoms. The molecule has 34 heavy (non-hydrogen) atoms. The number of rotatable bonds is 5. The largest absolute Gasteiger partial charge is 0.422 e. The third-order valence-electron chi connectivity index (χ3n) is 6.61. The molecule has 0 aromatic heterocycles. The Hall–Kier alpha value is -2.53. The molecule has 0 radical (unpaired) electrons. The molecule has 2 aliphatic carbocycles. The number of hydrogen-bond donors (Lipinski definition) is 0. The SMILES string of the molecule is O=C(O/C(=C1/CCC(C2=CCCC2)=C1N1CCOCC1)c1ccc(Cl)cc1)c1ccc(Cl)cc1. The lowest BCUT2D eigenvalue weighted by Gasteiger charge is -2.32. The van der Waals surface area contributed by atoms with Gasteiger partial charge >= 0.3 is 5.97 Å². The number of nitrogens with zero attached hydrogens (tertiary/aromatic N) is 1. The number of benzene rings is 2. The van der Waals surface area contributed by atoms with E-state index in [-0.39, 0.29) is 0 Å². The van der Waals surface area contributed by atoms with Crippen LogP contribution in [0.2, 0.25) is 10.0 Å². The van der Waals surface area contributed by atoms with Crippen molar-refractivity contribution < 1.29 is 14.3 Å². The Kier molecular flexibility index (Phi) is 7.10. The average molecular weight is 496 g/mol. The van der Waals surface area contributed by atoms with Crippen LogP contribution in [0.4, 0.5) is 0 Å². The van der Waals surface area contributed by atoms with E-state index in [0.29, 0.717) is 34.6 Å². The highest BCUT2D eigenvalue weighted by atomic mass is 35.5. The molecule has 3 aliphatic rings. The summed E-state index contributed by atoms with van der Waals surface area (Å²) >= 11 is 12.2. The van der Waals surface area contributed by atoms with Crippen LogP contribution < -0.4 is 0 Å². The highest BCUT2D eigenvalue weighted by molar-refractivity contribution is 6.31. The molecule has 0 amide bonds. The zero-order valence-corrected chi connectivity index (χ0v) is 20.5. The van der Waals surface area contributed by atoms with E-state index >= 15 is 0 Å². The number of esters is 1. The molecule has 1 saturated heterocycles. The highest BCUT2D eigenvalue weighted by Gasteiger charge is 2.32. The molecule has 4 nitrogen and oxygen atoms in total. The van der Waals surface area contributed by atoms with Gasteiger partial charge in [-0.1, -0.05) is 29.3 Å². The molecule has 1 fully saturated rings. The van der Waals surface area contributed by atoms with Crippen LogP contribution in [0, 0.1) is 0 Å². The first kappa shape index (κ1) is 23.2. The zero-order valence-electron chi connectivity index (χ0n) is 19.0. The molecular formula is C28H27Cl2NO3. The van der Waals surface area contributed by atoms with E-state index in [0.717, 1.165) is 49.9 Å². The summed E-state index contributed by atoms with van der Waals surface area (Å²) in [6.07, 6.45) is 7.58. The van der Waals surface area contributed by atoms with Gasteiger partial charge in [0.15, 0.2) is 0 Å². The van der Waals surface area contributed by atoms with Crippen molar-refractivity contribution in [2.24, 2.45) is 0 Å². The lowest BCUT2D eigenvalue weighted by Crippen LogP contribution is -2.36. The van der Waals surface area contributed by atoms with Crippen molar-refractivity contribution in [2.75, 3.05) is 26.3 Å². The van der Waals surface area contributed by atoms with Crippen molar-refractivity contribution in [3.63, 3.8) is 0 Å². The summed E-state index contributed by atoms with van der Waals surface area (Å²) in [4.78, 5) is 15.6. The van der Waals surface area contributed by atoms with Crippen LogP contribution in [0.1, 0.15) is 48.0 Å². The predicted octanol–water partition coefficient (Wildman–Crippen LogP) is 7.05. The Balaban J connectivity index is 1.61. The van der Waals surface area contributed by atoms with E-state index in [2.05, 4.69) is 11.0 Å². The van der Waals surface area contributed by atoms with Gasteiger partial charge in [-0.15, -0.1) is 0 Å². The summed E-state index contributed by atoms with van der Waals surface area (Å²) in [6, 6.07) is 14.3. The van der Waals surface area contributed by atoms with E-state index in [4.69, 9.17) is 32.7 Å². The van der Waals surface area contributed by atoms with Gasteiger partial charge in [-0.05, 0) is 91.8 Å². The standard InChI is InChI=1S/C28H27Cl2NO3/c29-22-9-5-20(6-10-22)27(34-28(32)21-7-11-23(30)12-8-21)25-14-13-24(19-3-1-2-4-19)26(25)31-15-17-33-18-16-31/h3,5-12H,1-2,4,13-18H2/b27-25-. The quantitative estimate of drug-likeness (QED) is 0.329. The smallest absolute Gasteiger partial charge is 0.343 e. The predicted molar refractivity (Wildman–Crippen MR) is 136 cm³/mol. The van der Waals surface area contributed by atoms with Gasteiger partial charge in [0, 0.05) is 40.0 Å². The van der Waals surface area contributed by atoms with Gasteiger partial charge in [0.05, 0.1) is 18.8 Å². The maximum atomic E-state index is 13.2. The summed E-state index contributed by atoms with van der Waals surface area (Å²) in [5.41, 5.74) is 6.43. The lowest BCUT2D eigenvalue weighted by molar-refractivity contribution is 0.0543. The van der Waals surface area contributed by atoms with Gasteiger partial charge in [-0.2, -0.15) is 0 Å². The molecule has 0 saturated carbocycles. The minimum atomic E-state index is -0.399. The molecule has 6 heteroatoms. The topological polar surface area (TPSA) is 38.8 Å². The summed E-state index contributed by atoms with van der Waals surface area (Å²) in [7, 11) is 0. The van der Waals surface area contributed by atoms with Crippen molar-refractivity contribution >= 4 is 34.9 Å². The molecule has 2 aromatic carbocycles. The van der Waals surface area contributed by atoms with Crippen molar-refractivity contribution in [3.8, 4) is 0 Å². The molecule has 1 heterocycles. The molecule has 0 N–H and O–H groups in total. The van der Waals surface area contributed by atoms with Crippen molar-refractivity contribution in [1.82, 2.24) is 4.90 Å². The first-order chi connectivity index (χ1) is 16.6. The third-order valence-corrected chi connectivity index (χ3v) is 7.11. The van der Waals surface area contributed by atoms with E-state index in [1.165, 1.54) is 23.3 Å². The molecular weight excluding hydrogens is 469 g/mol. The average Bonchev–Trinajstić information content (AvgIpc) is 3.54. The van der Waals surface area contributed by atoms with E-state index < -0.39 is 5.97 Å². The van der Waals surface area contributed by atoms with E-state index in [9.17, 15) is 4.79 Å². The minimum absolute atomic E-state index is 0.399. The van der Waals surface area contributed by atoms with Gasteiger partial charge in [-0.25, -0.2) is 4.79 Å². The number of carbonyl (C=O) groups excluding carboxylic acids is 1. The van der Waals surface area contributed by atoms with Crippen molar-refractivity contribution in [2.45, 2.75) is 32.1 Å². The van der Waals surface area contributed by atoms with Crippen LogP contribution in [-0.4, -0.2) is 37.2 Å². The number of ether oxygens (including phenoxy) is 2. The van der Waals surface area contributed by atoms with Crippen LogP contribution in [0.5, 0.6) is 0 Å². The van der Waals surface area contributed by atoms with Crippen LogP contribution >= 0.6 is 23.2 Å². The Morgan fingerprint density at radius 2 is 1.50 bits per heavy atom. The Morgan fingerprint density at radius 1 is 0.853 bits per heavy atom. The summed E-state index contributed by atoms with van der Waals surface area (Å²) in [5.74, 6) is 0.204. The Labute approximate surface area is 210 Å². The minimum Gasteiger partial charge on any atom is -0.422 e. The van der Waals surface area contributed by atoms with Crippen molar-refractivity contribution in [1.29, 1.82) is 0 Å². The molecule has 2 aromatic rings. The fourth-order valence-corrected chi connectivity index (χ4v) is 5.20. The third kappa shape index (κ3) is 4.95. The van der Waals surface area contributed by atoms with Gasteiger partial charge in [0.25, 0.3) is 0 Å². The Morgan fingerprint density at radius 3 is 2.12 bits per heavy atom. The summed E-state index contributed by atoms with van der Waals surface area (Å²) < 4.78 is 11.8. The molecule has 1 aliphatic heterocycles. The fraction of sp³-hybridized carbons (Fsp3) is 0.321. The molecule has 0 unspecified atom stereocenters. The number of morpholine rings is 1. The second kappa shape index (κ2) is 10.4. The van der Waals surface area contributed by atoms with Crippen molar-refractivity contribution in [3.05, 3.63) is 98.2 Å². The first-order valence-electron chi connectivity index (χ1n) is 11.8. The van der Waals surface area contributed by atoms with Gasteiger partial charge in [0.2, 0.25) is 0 Å².